The minimum absolute atomic E-state index is 0.0640. The van der Waals surface area contributed by atoms with Crippen molar-refractivity contribution in [1.82, 2.24) is 24.4 Å². The largest absolute Gasteiger partial charge is 0.416 e. The van der Waals surface area contributed by atoms with E-state index >= 15 is 0 Å². The van der Waals surface area contributed by atoms with E-state index in [1.54, 1.807) is 12.1 Å². The Morgan fingerprint density at radius 1 is 1.15 bits per heavy atom. The SMILES string of the molecule is [2H]C([2H])([2H])c1ccc(C(=O)Nc2ccc(C([2H])([2H])N3C([2H])([2H])C([2H])([2H])N(C)C([2H])([2H])C3([2H])[2H])c(C(F)(F)F)c2)cc1C#Cc1cnc2cccnn12. The smallest absolute Gasteiger partial charge is 0.322 e. The average Bonchev–Trinajstić information content (AvgIpc) is 3.44. The fraction of sp³-hybridized carbons (Fsp3) is 0.276. The Morgan fingerprint density at radius 3 is 2.74 bits per heavy atom. The average molecular weight is 546 g/mol. The predicted octanol–water partition coefficient (Wildman–Crippen LogP) is 4.46. The standard InChI is InChI=1S/C29H27F3N6O/c1-20-5-6-22(16-21(20)8-10-25-18-33-27-4-3-11-34-38(25)27)28(39)35-24-9-7-23(26(17-24)29(30,31)32)19-37-14-12-36(2)13-15-37/h3-7,9,11,16-18H,12-15,19H2,1-2H3,(H,35,39)/i1D3,12D2,13D2,14D2,15D2,19D2. The second-order valence-corrected chi connectivity index (χ2v) is 8.11. The van der Waals surface area contributed by atoms with Gasteiger partial charge in [0.15, 0.2) is 5.65 Å². The molecule has 0 aliphatic carbocycles. The zero-order chi connectivity index (χ0) is 39.0. The van der Waals surface area contributed by atoms with Crippen LogP contribution in [0.2, 0.25) is 0 Å². The molecule has 0 bridgehead atoms. The molecule has 1 fully saturated rings. The number of rotatable bonds is 4. The molecule has 1 aliphatic rings. The molecule has 39 heavy (non-hydrogen) atoms. The number of carbonyl (C=O) groups is 1. The van der Waals surface area contributed by atoms with Crippen LogP contribution in [0.1, 0.15) is 56.1 Å². The number of aromatic nitrogens is 3. The minimum atomic E-state index is -5.41. The first-order valence-corrected chi connectivity index (χ1v) is 11.2. The Balaban J connectivity index is 1.54. The Kier molecular flexibility index (Phi) is 4.14. The van der Waals surface area contributed by atoms with Gasteiger partial charge in [-0.05, 0) is 67.3 Å². The fourth-order valence-electron chi connectivity index (χ4n) is 3.47. The van der Waals surface area contributed by atoms with Crippen molar-refractivity contribution < 1.29 is 35.8 Å². The third kappa shape index (κ3) is 6.11. The van der Waals surface area contributed by atoms with Gasteiger partial charge >= 0.3 is 6.18 Å². The number of anilines is 1. The molecule has 10 heteroatoms. The summed E-state index contributed by atoms with van der Waals surface area (Å²) in [5.74, 6) is 4.39. The van der Waals surface area contributed by atoms with Crippen LogP contribution in [0.25, 0.3) is 5.65 Å². The van der Waals surface area contributed by atoms with E-state index in [9.17, 15) is 18.0 Å². The quantitative estimate of drug-likeness (QED) is 0.384. The van der Waals surface area contributed by atoms with Crippen molar-refractivity contribution in [1.29, 1.82) is 0 Å². The monoisotopic (exact) mass is 545 g/mol. The Morgan fingerprint density at radius 2 is 1.97 bits per heavy atom. The highest BCUT2D eigenvalue weighted by Crippen LogP contribution is 2.34. The summed E-state index contributed by atoms with van der Waals surface area (Å²) >= 11 is 0. The lowest BCUT2D eigenvalue weighted by molar-refractivity contribution is -0.138. The Bertz CT molecular complexity index is 2100. The van der Waals surface area contributed by atoms with Crippen LogP contribution in [0.3, 0.4) is 0 Å². The summed E-state index contributed by atoms with van der Waals surface area (Å²) in [7, 11) is 0.715. The number of halogens is 3. The number of nitrogens with zero attached hydrogens (tertiary/aromatic N) is 5. The van der Waals surface area contributed by atoms with Crippen LogP contribution in [0.5, 0.6) is 0 Å². The summed E-state index contributed by atoms with van der Waals surface area (Å²) in [6.07, 6.45) is -2.54. The first-order chi connectivity index (χ1) is 23.7. The van der Waals surface area contributed by atoms with Gasteiger partial charge in [-0.2, -0.15) is 18.3 Å². The van der Waals surface area contributed by atoms with Crippen molar-refractivity contribution in [2.24, 2.45) is 0 Å². The first kappa shape index (κ1) is 14.8. The lowest BCUT2D eigenvalue weighted by Gasteiger charge is -2.33. The van der Waals surface area contributed by atoms with Crippen molar-refractivity contribution in [3.8, 4) is 11.8 Å². The molecule has 0 atom stereocenters. The highest BCUT2D eigenvalue weighted by Gasteiger charge is 2.34. The molecule has 2 aromatic carbocycles. The first-order valence-electron chi connectivity index (χ1n) is 17.7. The maximum Gasteiger partial charge on any atom is 0.416 e. The van der Waals surface area contributed by atoms with Gasteiger partial charge in [-0.25, -0.2) is 9.50 Å². The van der Waals surface area contributed by atoms with E-state index in [2.05, 4.69) is 27.2 Å². The third-order valence-corrected chi connectivity index (χ3v) is 5.36. The van der Waals surface area contributed by atoms with E-state index in [1.165, 1.54) is 16.9 Å². The number of imidazole rings is 1. The molecular formula is C29H27F3N6O. The number of benzene rings is 2. The highest BCUT2D eigenvalue weighted by molar-refractivity contribution is 6.04. The second-order valence-electron chi connectivity index (χ2n) is 8.11. The Hall–Kier alpha value is -4.20. The van der Waals surface area contributed by atoms with Gasteiger partial charge < -0.3 is 10.2 Å². The van der Waals surface area contributed by atoms with Gasteiger partial charge in [0.25, 0.3) is 5.91 Å². The maximum absolute atomic E-state index is 14.5. The molecule has 2 aromatic heterocycles. The van der Waals surface area contributed by atoms with Gasteiger partial charge in [0.05, 0.1) is 11.8 Å². The molecule has 0 spiro atoms. The summed E-state index contributed by atoms with van der Waals surface area (Å²) in [4.78, 5) is 17.0. The maximum atomic E-state index is 14.5. The molecular weight excluding hydrogens is 505 g/mol. The van der Waals surface area contributed by atoms with Crippen molar-refractivity contribution >= 4 is 17.2 Å². The molecule has 5 rings (SSSR count). The van der Waals surface area contributed by atoms with E-state index in [4.69, 9.17) is 17.8 Å². The van der Waals surface area contributed by atoms with Gasteiger partial charge in [-0.1, -0.05) is 18.1 Å². The topological polar surface area (TPSA) is 65.8 Å². The van der Waals surface area contributed by atoms with E-state index in [0.29, 0.717) is 24.8 Å². The number of piperazine rings is 1. The number of hydrogen-bond donors (Lipinski definition) is 1. The van der Waals surface area contributed by atoms with Crippen LogP contribution in [0.15, 0.2) is 60.9 Å². The molecule has 1 amide bonds. The van der Waals surface area contributed by atoms with E-state index < -0.39 is 73.1 Å². The lowest BCUT2D eigenvalue weighted by Crippen LogP contribution is -2.44. The summed E-state index contributed by atoms with van der Waals surface area (Å²) in [6, 6.07) is 8.21. The van der Waals surface area contributed by atoms with Gasteiger partial charge in [0.1, 0.15) is 5.69 Å². The minimum Gasteiger partial charge on any atom is -0.322 e. The molecule has 1 N–H and O–H groups in total. The van der Waals surface area contributed by atoms with Gasteiger partial charge in [0, 0.05) is 73.3 Å². The zero-order valence-corrected chi connectivity index (χ0v) is 20.1. The number of nitrogens with one attached hydrogen (secondary N) is 1. The summed E-state index contributed by atoms with van der Waals surface area (Å²) in [6.45, 7) is -20.9. The number of carbonyl (C=O) groups excluding carboxylic acids is 1. The van der Waals surface area contributed by atoms with Crippen molar-refractivity contribution in [2.45, 2.75) is 19.5 Å². The second kappa shape index (κ2) is 10.9. The van der Waals surface area contributed by atoms with Crippen molar-refractivity contribution in [2.75, 3.05) is 38.4 Å². The molecule has 3 heterocycles. The number of alkyl halides is 3. The number of aryl methyl sites for hydroxylation is 1. The number of fused-ring (bicyclic) bond motifs is 1. The molecule has 0 radical (unpaired) electrons. The van der Waals surface area contributed by atoms with E-state index in [1.807, 2.05) is 0 Å². The van der Waals surface area contributed by atoms with Gasteiger partial charge in [0.2, 0.25) is 0 Å². The molecule has 7 nitrogen and oxygen atoms in total. The summed E-state index contributed by atoms with van der Waals surface area (Å²) in [5.41, 5.74) is -3.62. The van der Waals surface area contributed by atoms with Crippen molar-refractivity contribution in [3.05, 3.63) is 94.4 Å². The highest BCUT2D eigenvalue weighted by atomic mass is 19.4. The number of hydrogen-bond acceptors (Lipinski definition) is 5. The van der Waals surface area contributed by atoms with Crippen LogP contribution in [-0.2, 0) is 12.7 Å². The lowest BCUT2D eigenvalue weighted by atomic mass is 10.0. The van der Waals surface area contributed by atoms with Crippen LogP contribution in [-0.4, -0.2) is 63.3 Å². The molecule has 200 valence electrons. The van der Waals surface area contributed by atoms with E-state index in [0.717, 1.165) is 24.3 Å². The van der Waals surface area contributed by atoms with Crippen LogP contribution < -0.4 is 5.32 Å². The fourth-order valence-corrected chi connectivity index (χ4v) is 3.47. The summed E-state index contributed by atoms with van der Waals surface area (Å²) < 4.78 is 152. The van der Waals surface area contributed by atoms with Crippen LogP contribution in [0, 0.1) is 18.7 Å². The normalized spacial score (nSPS) is 25.5. The molecule has 1 aliphatic heterocycles. The molecule has 1 saturated heterocycles. The van der Waals surface area contributed by atoms with Crippen LogP contribution in [0.4, 0.5) is 18.9 Å². The predicted molar refractivity (Wildman–Crippen MR) is 142 cm³/mol. The molecule has 0 saturated carbocycles. The molecule has 0 unspecified atom stereocenters. The van der Waals surface area contributed by atoms with E-state index in [-0.39, 0.29) is 27.3 Å². The molecule has 4 aromatic rings. The van der Waals surface area contributed by atoms with Gasteiger partial charge in [-0.15, -0.1) is 0 Å². The van der Waals surface area contributed by atoms with Crippen molar-refractivity contribution in [3.63, 3.8) is 0 Å². The third-order valence-electron chi connectivity index (χ3n) is 5.36. The zero-order valence-electron chi connectivity index (χ0n) is 33.1. The Labute approximate surface area is 242 Å². The van der Waals surface area contributed by atoms with Gasteiger partial charge in [-0.3, -0.25) is 9.69 Å². The number of likely N-dealkylation sites (N-methyl/N-ethyl adjacent to an activating group) is 1. The number of amides is 1. The van der Waals surface area contributed by atoms with Crippen LogP contribution >= 0.6 is 0 Å². The summed E-state index contributed by atoms with van der Waals surface area (Å²) in [5, 5.41) is 6.33.